The Morgan fingerprint density at radius 3 is 2.79 bits per heavy atom. The molecular weight excluding hydrogens is 304 g/mol. The van der Waals surface area contributed by atoms with Gasteiger partial charge in [-0.15, -0.1) is 10.2 Å². The van der Waals surface area contributed by atoms with Crippen molar-refractivity contribution < 1.29 is 9.53 Å². The highest BCUT2D eigenvalue weighted by atomic mass is 16.5. The van der Waals surface area contributed by atoms with Crippen molar-refractivity contribution >= 4 is 5.91 Å². The van der Waals surface area contributed by atoms with Gasteiger partial charge in [0.05, 0.1) is 12.6 Å². The molecule has 1 aliphatic rings. The van der Waals surface area contributed by atoms with Gasteiger partial charge in [-0.2, -0.15) is 0 Å². The Labute approximate surface area is 142 Å². The SMILES string of the molecule is CCOc1ccc(C(=O)N[C@H](C)c2nnc3n2CCCCC3)cc1. The van der Waals surface area contributed by atoms with Gasteiger partial charge in [0.15, 0.2) is 5.82 Å². The first-order valence-corrected chi connectivity index (χ1v) is 8.64. The zero-order valence-corrected chi connectivity index (χ0v) is 14.3. The Kier molecular flexibility index (Phi) is 5.13. The summed E-state index contributed by atoms with van der Waals surface area (Å²) in [5.41, 5.74) is 0.612. The van der Waals surface area contributed by atoms with Crippen LogP contribution >= 0.6 is 0 Å². The molecule has 0 unspecified atom stereocenters. The van der Waals surface area contributed by atoms with Gasteiger partial charge in [0.2, 0.25) is 0 Å². The molecule has 2 heterocycles. The van der Waals surface area contributed by atoms with Gasteiger partial charge in [-0.05, 0) is 51.0 Å². The number of carbonyl (C=O) groups is 1. The van der Waals surface area contributed by atoms with Crippen LogP contribution in [-0.4, -0.2) is 27.3 Å². The van der Waals surface area contributed by atoms with E-state index >= 15 is 0 Å². The van der Waals surface area contributed by atoms with Crippen LogP contribution in [0, 0.1) is 0 Å². The predicted molar refractivity (Wildman–Crippen MR) is 91.1 cm³/mol. The number of amides is 1. The Bertz CT molecular complexity index is 694. The largest absolute Gasteiger partial charge is 0.494 e. The smallest absolute Gasteiger partial charge is 0.251 e. The first-order chi connectivity index (χ1) is 11.7. The third-order valence-corrected chi connectivity index (χ3v) is 4.30. The fourth-order valence-electron chi connectivity index (χ4n) is 3.04. The fourth-order valence-corrected chi connectivity index (χ4v) is 3.04. The molecule has 6 heteroatoms. The highest BCUT2D eigenvalue weighted by Crippen LogP contribution is 2.19. The highest BCUT2D eigenvalue weighted by molar-refractivity contribution is 5.94. The summed E-state index contributed by atoms with van der Waals surface area (Å²) in [5, 5.41) is 11.6. The highest BCUT2D eigenvalue weighted by Gasteiger charge is 2.21. The molecule has 1 N–H and O–H groups in total. The van der Waals surface area contributed by atoms with Crippen molar-refractivity contribution in [2.45, 2.75) is 52.1 Å². The normalized spacial score (nSPS) is 15.2. The minimum absolute atomic E-state index is 0.114. The van der Waals surface area contributed by atoms with Gasteiger partial charge in [-0.3, -0.25) is 4.79 Å². The van der Waals surface area contributed by atoms with Crippen LogP contribution in [-0.2, 0) is 13.0 Å². The summed E-state index contributed by atoms with van der Waals surface area (Å²) >= 11 is 0. The van der Waals surface area contributed by atoms with Crippen molar-refractivity contribution in [3.05, 3.63) is 41.5 Å². The number of hydrogen-bond acceptors (Lipinski definition) is 4. The van der Waals surface area contributed by atoms with E-state index in [0.29, 0.717) is 12.2 Å². The van der Waals surface area contributed by atoms with E-state index in [0.717, 1.165) is 43.2 Å². The number of fused-ring (bicyclic) bond motifs is 1. The lowest BCUT2D eigenvalue weighted by Crippen LogP contribution is -2.29. The Balaban J connectivity index is 1.69. The summed E-state index contributed by atoms with van der Waals surface area (Å²) in [5.74, 6) is 2.53. The first kappa shape index (κ1) is 16.5. The molecule has 0 spiro atoms. The van der Waals surface area contributed by atoms with E-state index < -0.39 is 0 Å². The lowest BCUT2D eigenvalue weighted by Gasteiger charge is -2.15. The third kappa shape index (κ3) is 3.58. The van der Waals surface area contributed by atoms with Crippen molar-refractivity contribution in [3.63, 3.8) is 0 Å². The first-order valence-electron chi connectivity index (χ1n) is 8.64. The molecule has 0 saturated heterocycles. The summed E-state index contributed by atoms with van der Waals surface area (Å²) in [6, 6.07) is 7.00. The average molecular weight is 328 g/mol. The summed E-state index contributed by atoms with van der Waals surface area (Å²) in [6.45, 7) is 5.43. The molecule has 0 aliphatic carbocycles. The number of nitrogens with zero attached hydrogens (tertiary/aromatic N) is 3. The second-order valence-electron chi connectivity index (χ2n) is 6.09. The number of carbonyl (C=O) groups excluding carboxylic acids is 1. The molecule has 0 radical (unpaired) electrons. The van der Waals surface area contributed by atoms with Crippen molar-refractivity contribution in [1.29, 1.82) is 0 Å². The lowest BCUT2D eigenvalue weighted by molar-refractivity contribution is 0.0937. The second kappa shape index (κ2) is 7.47. The molecule has 1 atom stereocenters. The molecule has 1 aliphatic heterocycles. The van der Waals surface area contributed by atoms with E-state index in [2.05, 4.69) is 20.1 Å². The molecule has 1 aromatic carbocycles. The molecule has 1 aromatic heterocycles. The Morgan fingerprint density at radius 2 is 2.04 bits per heavy atom. The summed E-state index contributed by atoms with van der Waals surface area (Å²) in [6.07, 6.45) is 4.48. The maximum atomic E-state index is 12.4. The molecule has 128 valence electrons. The molecule has 0 saturated carbocycles. The molecule has 0 bridgehead atoms. The van der Waals surface area contributed by atoms with Crippen LogP contribution in [0.4, 0.5) is 0 Å². The van der Waals surface area contributed by atoms with Gasteiger partial charge in [-0.1, -0.05) is 6.42 Å². The number of ether oxygens (including phenoxy) is 1. The van der Waals surface area contributed by atoms with Gasteiger partial charge >= 0.3 is 0 Å². The van der Waals surface area contributed by atoms with Gasteiger partial charge < -0.3 is 14.6 Å². The molecule has 3 rings (SSSR count). The Hall–Kier alpha value is -2.37. The van der Waals surface area contributed by atoms with E-state index in [-0.39, 0.29) is 11.9 Å². The summed E-state index contributed by atoms with van der Waals surface area (Å²) in [7, 11) is 0. The monoisotopic (exact) mass is 328 g/mol. The van der Waals surface area contributed by atoms with Crippen LogP contribution in [0.25, 0.3) is 0 Å². The number of rotatable bonds is 5. The fraction of sp³-hybridized carbons (Fsp3) is 0.500. The van der Waals surface area contributed by atoms with E-state index in [9.17, 15) is 4.79 Å². The minimum Gasteiger partial charge on any atom is -0.494 e. The van der Waals surface area contributed by atoms with E-state index in [1.165, 1.54) is 6.42 Å². The maximum absolute atomic E-state index is 12.4. The van der Waals surface area contributed by atoms with E-state index in [1.807, 2.05) is 26.0 Å². The van der Waals surface area contributed by atoms with Crippen molar-refractivity contribution in [2.75, 3.05) is 6.61 Å². The number of hydrogen-bond donors (Lipinski definition) is 1. The maximum Gasteiger partial charge on any atom is 0.251 e. The topological polar surface area (TPSA) is 69.0 Å². The number of nitrogens with one attached hydrogen (secondary N) is 1. The number of benzene rings is 1. The van der Waals surface area contributed by atoms with Gasteiger partial charge in [0.1, 0.15) is 11.6 Å². The number of aryl methyl sites for hydroxylation is 1. The molecule has 0 fully saturated rings. The van der Waals surface area contributed by atoms with Crippen LogP contribution in [0.2, 0.25) is 0 Å². The van der Waals surface area contributed by atoms with Crippen molar-refractivity contribution in [1.82, 2.24) is 20.1 Å². The lowest BCUT2D eigenvalue weighted by atomic mass is 10.2. The average Bonchev–Trinajstić information content (AvgIpc) is 2.85. The van der Waals surface area contributed by atoms with Crippen molar-refractivity contribution in [2.24, 2.45) is 0 Å². The zero-order chi connectivity index (χ0) is 16.9. The van der Waals surface area contributed by atoms with Crippen LogP contribution in [0.15, 0.2) is 24.3 Å². The van der Waals surface area contributed by atoms with Gasteiger partial charge in [0.25, 0.3) is 5.91 Å². The zero-order valence-electron chi connectivity index (χ0n) is 14.3. The van der Waals surface area contributed by atoms with Crippen LogP contribution in [0.3, 0.4) is 0 Å². The number of aromatic nitrogens is 3. The van der Waals surface area contributed by atoms with Crippen LogP contribution in [0.5, 0.6) is 5.75 Å². The molecule has 24 heavy (non-hydrogen) atoms. The van der Waals surface area contributed by atoms with Crippen LogP contribution in [0.1, 0.15) is 61.2 Å². The third-order valence-electron chi connectivity index (χ3n) is 4.30. The minimum atomic E-state index is -0.177. The second-order valence-corrected chi connectivity index (χ2v) is 6.09. The molecule has 1 amide bonds. The molecule has 6 nitrogen and oxygen atoms in total. The van der Waals surface area contributed by atoms with E-state index in [4.69, 9.17) is 4.74 Å². The predicted octanol–water partition coefficient (Wildman–Crippen LogP) is 2.89. The molecule has 2 aromatic rings. The Morgan fingerprint density at radius 1 is 1.25 bits per heavy atom. The van der Waals surface area contributed by atoms with Gasteiger partial charge in [0, 0.05) is 18.5 Å². The summed E-state index contributed by atoms with van der Waals surface area (Å²) < 4.78 is 7.56. The summed E-state index contributed by atoms with van der Waals surface area (Å²) in [4.78, 5) is 12.4. The van der Waals surface area contributed by atoms with E-state index in [1.54, 1.807) is 12.1 Å². The quantitative estimate of drug-likeness (QED) is 0.916. The van der Waals surface area contributed by atoms with Crippen molar-refractivity contribution in [3.8, 4) is 5.75 Å². The standard InChI is InChI=1S/C18H24N4O2/c1-3-24-15-10-8-14(9-11-15)18(23)19-13(2)17-21-20-16-7-5-4-6-12-22(16)17/h8-11,13H,3-7,12H2,1-2H3,(H,19,23)/t13-/m1/s1. The van der Waals surface area contributed by atoms with Gasteiger partial charge in [-0.25, -0.2) is 0 Å². The van der Waals surface area contributed by atoms with Crippen LogP contribution < -0.4 is 10.1 Å². The molecular formula is C18H24N4O2.